The molecule has 0 aliphatic heterocycles. The minimum absolute atomic E-state index is 0.0169. The van der Waals surface area contributed by atoms with Crippen LogP contribution in [0.1, 0.15) is 5.56 Å². The van der Waals surface area contributed by atoms with E-state index in [4.69, 9.17) is 0 Å². The maximum absolute atomic E-state index is 10.5. The van der Waals surface area contributed by atoms with Gasteiger partial charge in [-0.1, -0.05) is 17.3 Å². The van der Waals surface area contributed by atoms with E-state index < -0.39 is 4.92 Å². The number of hydrogen-bond acceptors (Lipinski definition) is 4. The monoisotopic (exact) mass is 180 g/mol. The molecule has 68 valence electrons. The molecule has 0 saturated heterocycles. The predicted octanol–water partition coefficient (Wildman–Crippen LogP) is 1.58. The van der Waals surface area contributed by atoms with Gasteiger partial charge in [-0.3, -0.25) is 10.1 Å². The third kappa shape index (κ3) is 2.26. The Bertz CT molecular complexity index is 336. The molecule has 5 heteroatoms. The Labute approximate surface area is 74.8 Å². The van der Waals surface area contributed by atoms with E-state index >= 15 is 0 Å². The van der Waals surface area contributed by atoms with Crippen LogP contribution in [0.5, 0.6) is 0 Å². The minimum Gasteiger partial charge on any atom is -0.399 e. The van der Waals surface area contributed by atoms with Gasteiger partial charge in [0.05, 0.1) is 16.7 Å². The van der Waals surface area contributed by atoms with Crippen molar-refractivity contribution in [1.82, 2.24) is 0 Å². The Balaban J connectivity index is 3.05. The number of nitro groups is 1. The average molecular weight is 180 g/mol. The van der Waals surface area contributed by atoms with Crippen LogP contribution in [-0.2, 0) is 4.84 Å². The molecule has 0 aliphatic carbocycles. The van der Waals surface area contributed by atoms with Crippen molar-refractivity contribution < 1.29 is 9.76 Å². The van der Waals surface area contributed by atoms with Crippen molar-refractivity contribution in [1.29, 1.82) is 0 Å². The van der Waals surface area contributed by atoms with Crippen molar-refractivity contribution in [2.45, 2.75) is 0 Å². The van der Waals surface area contributed by atoms with Crippen LogP contribution in [-0.4, -0.2) is 18.2 Å². The Hall–Kier alpha value is -1.91. The Kier molecular flexibility index (Phi) is 2.97. The summed E-state index contributed by atoms with van der Waals surface area (Å²) in [5, 5.41) is 13.9. The first-order chi connectivity index (χ1) is 6.25. The molecule has 0 spiro atoms. The number of benzene rings is 1. The van der Waals surface area contributed by atoms with Crippen molar-refractivity contribution in [3.05, 3.63) is 39.9 Å². The van der Waals surface area contributed by atoms with Gasteiger partial charge in [0.1, 0.15) is 7.11 Å². The molecule has 0 heterocycles. The lowest BCUT2D eigenvalue weighted by molar-refractivity contribution is -0.385. The van der Waals surface area contributed by atoms with Gasteiger partial charge in [-0.25, -0.2) is 0 Å². The quantitative estimate of drug-likeness (QED) is 0.403. The van der Waals surface area contributed by atoms with Crippen molar-refractivity contribution in [2.24, 2.45) is 5.16 Å². The molecule has 0 unspecified atom stereocenters. The smallest absolute Gasteiger partial charge is 0.278 e. The van der Waals surface area contributed by atoms with Crippen LogP contribution in [0.15, 0.2) is 29.4 Å². The standard InChI is InChI=1S/C8H8N2O3/c1-13-9-6-7-4-2-3-5-8(7)10(11)12/h2-6H,1H3. The summed E-state index contributed by atoms with van der Waals surface area (Å²) >= 11 is 0. The molecule has 0 N–H and O–H groups in total. The van der Waals surface area contributed by atoms with Gasteiger partial charge in [0, 0.05) is 6.07 Å². The third-order valence-corrected chi connectivity index (χ3v) is 1.43. The number of nitro benzene ring substituents is 1. The molecule has 1 rings (SSSR count). The molecule has 1 aromatic rings. The SMILES string of the molecule is CON=Cc1ccccc1[N+](=O)[O-]. The summed E-state index contributed by atoms with van der Waals surface area (Å²) in [7, 11) is 1.38. The topological polar surface area (TPSA) is 64.7 Å². The molecule has 0 amide bonds. The summed E-state index contributed by atoms with van der Waals surface area (Å²) in [4.78, 5) is 14.5. The number of rotatable bonds is 3. The normalized spacial score (nSPS) is 10.2. The van der Waals surface area contributed by atoms with Gasteiger partial charge in [-0.05, 0) is 6.07 Å². The third-order valence-electron chi connectivity index (χ3n) is 1.43. The van der Waals surface area contributed by atoms with E-state index in [0.717, 1.165) is 0 Å². The zero-order valence-corrected chi connectivity index (χ0v) is 7.01. The lowest BCUT2D eigenvalue weighted by Gasteiger charge is -1.94. The zero-order chi connectivity index (χ0) is 9.68. The summed E-state index contributed by atoms with van der Waals surface area (Å²) in [6, 6.07) is 6.31. The number of para-hydroxylation sites is 1. The first-order valence-electron chi connectivity index (χ1n) is 3.55. The van der Waals surface area contributed by atoms with Crippen LogP contribution < -0.4 is 0 Å². The zero-order valence-electron chi connectivity index (χ0n) is 7.01. The second-order valence-electron chi connectivity index (χ2n) is 2.23. The minimum atomic E-state index is -0.461. The summed E-state index contributed by atoms with van der Waals surface area (Å²) in [6.45, 7) is 0. The fraction of sp³-hybridized carbons (Fsp3) is 0.125. The summed E-state index contributed by atoms with van der Waals surface area (Å²) < 4.78 is 0. The highest BCUT2D eigenvalue weighted by Gasteiger charge is 2.09. The molecular formula is C8H8N2O3. The number of hydrogen-bond donors (Lipinski definition) is 0. The Morgan fingerprint density at radius 1 is 1.54 bits per heavy atom. The van der Waals surface area contributed by atoms with Gasteiger partial charge < -0.3 is 4.84 Å². The molecule has 1 aromatic carbocycles. The fourth-order valence-electron chi connectivity index (χ4n) is 0.872. The van der Waals surface area contributed by atoms with Crippen LogP contribution in [0, 0.1) is 10.1 Å². The molecule has 0 radical (unpaired) electrons. The molecule has 5 nitrogen and oxygen atoms in total. The molecule has 0 atom stereocenters. The van der Waals surface area contributed by atoms with Crippen LogP contribution in [0.4, 0.5) is 5.69 Å². The Morgan fingerprint density at radius 2 is 2.23 bits per heavy atom. The van der Waals surface area contributed by atoms with Crippen LogP contribution in [0.3, 0.4) is 0 Å². The van der Waals surface area contributed by atoms with Crippen molar-refractivity contribution in [3.8, 4) is 0 Å². The van der Waals surface area contributed by atoms with E-state index in [-0.39, 0.29) is 5.69 Å². The van der Waals surface area contributed by atoms with Crippen molar-refractivity contribution >= 4 is 11.9 Å². The van der Waals surface area contributed by atoms with Gasteiger partial charge in [-0.15, -0.1) is 0 Å². The molecule has 0 fully saturated rings. The predicted molar refractivity (Wildman–Crippen MR) is 47.7 cm³/mol. The van der Waals surface area contributed by atoms with E-state index in [1.165, 1.54) is 19.4 Å². The number of nitrogens with zero attached hydrogens (tertiary/aromatic N) is 2. The highest BCUT2D eigenvalue weighted by Crippen LogP contribution is 2.14. The van der Waals surface area contributed by atoms with Gasteiger partial charge in [0.2, 0.25) is 0 Å². The summed E-state index contributed by atoms with van der Waals surface area (Å²) in [6.07, 6.45) is 1.30. The highest BCUT2D eigenvalue weighted by molar-refractivity contribution is 5.84. The lowest BCUT2D eigenvalue weighted by Crippen LogP contribution is -1.93. The van der Waals surface area contributed by atoms with Gasteiger partial charge in [0.25, 0.3) is 5.69 Å². The average Bonchev–Trinajstić information content (AvgIpc) is 2.15. The number of oxime groups is 1. The second kappa shape index (κ2) is 4.20. The molecule has 0 bridgehead atoms. The fourth-order valence-corrected chi connectivity index (χ4v) is 0.872. The van der Waals surface area contributed by atoms with Gasteiger partial charge in [0.15, 0.2) is 0 Å². The summed E-state index contributed by atoms with van der Waals surface area (Å²) in [5.41, 5.74) is 0.442. The van der Waals surface area contributed by atoms with Gasteiger partial charge >= 0.3 is 0 Å². The van der Waals surface area contributed by atoms with E-state index in [0.29, 0.717) is 5.56 Å². The van der Waals surface area contributed by atoms with Crippen molar-refractivity contribution in [2.75, 3.05) is 7.11 Å². The highest BCUT2D eigenvalue weighted by atomic mass is 16.6. The van der Waals surface area contributed by atoms with E-state index in [2.05, 4.69) is 9.99 Å². The maximum Gasteiger partial charge on any atom is 0.278 e. The maximum atomic E-state index is 10.5. The van der Waals surface area contributed by atoms with E-state index in [1.54, 1.807) is 18.2 Å². The first kappa shape index (κ1) is 9.18. The molecule has 13 heavy (non-hydrogen) atoms. The van der Waals surface area contributed by atoms with E-state index in [1.807, 2.05) is 0 Å². The second-order valence-corrected chi connectivity index (χ2v) is 2.23. The molecule has 0 aliphatic rings. The first-order valence-corrected chi connectivity index (χ1v) is 3.55. The Morgan fingerprint density at radius 3 is 2.85 bits per heavy atom. The largest absolute Gasteiger partial charge is 0.399 e. The molecular weight excluding hydrogens is 172 g/mol. The molecule has 0 saturated carbocycles. The van der Waals surface area contributed by atoms with E-state index in [9.17, 15) is 10.1 Å². The molecule has 0 aromatic heterocycles. The van der Waals surface area contributed by atoms with Crippen LogP contribution >= 0.6 is 0 Å². The van der Waals surface area contributed by atoms with Crippen LogP contribution in [0.2, 0.25) is 0 Å². The van der Waals surface area contributed by atoms with Crippen LogP contribution in [0.25, 0.3) is 0 Å². The summed E-state index contributed by atoms with van der Waals surface area (Å²) in [5.74, 6) is 0. The van der Waals surface area contributed by atoms with Gasteiger partial charge in [-0.2, -0.15) is 0 Å². The lowest BCUT2D eigenvalue weighted by atomic mass is 10.2. The van der Waals surface area contributed by atoms with Crippen molar-refractivity contribution in [3.63, 3.8) is 0 Å².